The van der Waals surface area contributed by atoms with Crippen LogP contribution in [0.4, 0.5) is 4.39 Å². The molecule has 1 aliphatic rings. The number of hydrogen-bond donors (Lipinski definition) is 1. The van der Waals surface area contributed by atoms with Crippen LogP contribution in [0.3, 0.4) is 0 Å². The molecule has 1 heterocycles. The van der Waals surface area contributed by atoms with Gasteiger partial charge in [0.15, 0.2) is 0 Å². The first-order chi connectivity index (χ1) is 8.85. The van der Waals surface area contributed by atoms with Gasteiger partial charge in [0.05, 0.1) is 5.02 Å². The average Bonchev–Trinajstić information content (AvgIpc) is 2.32. The van der Waals surface area contributed by atoms with Gasteiger partial charge in [0.25, 0.3) is 0 Å². The number of halogens is 3. The van der Waals surface area contributed by atoms with Gasteiger partial charge in [-0.15, -0.1) is 12.4 Å². The largest absolute Gasteiger partial charge is 0.311 e. The lowest BCUT2D eigenvalue weighted by Crippen LogP contribution is -2.57. The molecule has 2 rings (SSSR count). The zero-order valence-electron chi connectivity index (χ0n) is 11.1. The van der Waals surface area contributed by atoms with Crippen molar-refractivity contribution in [3.63, 3.8) is 0 Å². The van der Waals surface area contributed by atoms with Crippen LogP contribution >= 0.6 is 24.0 Å². The molecular weight excluding hydrogens is 326 g/mol. The first-order valence-electron chi connectivity index (χ1n) is 6.05. The molecule has 0 spiro atoms. The van der Waals surface area contributed by atoms with Crippen molar-refractivity contribution in [1.82, 2.24) is 9.62 Å². The molecule has 1 aromatic carbocycles. The second-order valence-electron chi connectivity index (χ2n) is 4.65. The Hall–Kier alpha value is -0.400. The number of rotatable bonds is 2. The molecule has 4 nitrogen and oxygen atoms in total. The lowest BCUT2D eigenvalue weighted by atomic mass is 10.1. The summed E-state index contributed by atoms with van der Waals surface area (Å²) in [7, 11) is -3.92. The molecule has 1 aromatic rings. The Balaban J connectivity index is 0.00000200. The fourth-order valence-electron chi connectivity index (χ4n) is 2.21. The molecule has 0 amide bonds. The minimum atomic E-state index is -3.92. The van der Waals surface area contributed by atoms with Gasteiger partial charge < -0.3 is 5.32 Å². The molecule has 1 aliphatic heterocycles. The third-order valence-electron chi connectivity index (χ3n) is 3.46. The van der Waals surface area contributed by atoms with Crippen molar-refractivity contribution in [2.75, 3.05) is 13.1 Å². The molecule has 2 atom stereocenters. The molecule has 0 bridgehead atoms. The van der Waals surface area contributed by atoms with Crippen molar-refractivity contribution in [1.29, 1.82) is 0 Å². The minimum absolute atomic E-state index is 0. The Kier molecular flexibility index (Phi) is 5.80. The first kappa shape index (κ1) is 17.7. The maximum absolute atomic E-state index is 13.8. The van der Waals surface area contributed by atoms with Gasteiger partial charge in [-0.2, -0.15) is 4.31 Å². The third kappa shape index (κ3) is 3.09. The average molecular weight is 343 g/mol. The Morgan fingerprint density at radius 1 is 1.40 bits per heavy atom. The van der Waals surface area contributed by atoms with Gasteiger partial charge in [-0.25, -0.2) is 12.8 Å². The van der Waals surface area contributed by atoms with Crippen molar-refractivity contribution in [3.05, 3.63) is 29.0 Å². The summed E-state index contributed by atoms with van der Waals surface area (Å²) in [6.45, 7) is 4.54. The van der Waals surface area contributed by atoms with Crippen LogP contribution in [0.15, 0.2) is 23.1 Å². The maximum Gasteiger partial charge on any atom is 0.247 e. The van der Waals surface area contributed by atoms with Crippen molar-refractivity contribution in [3.8, 4) is 0 Å². The molecule has 1 fully saturated rings. The summed E-state index contributed by atoms with van der Waals surface area (Å²) < 4.78 is 40.2. The summed E-state index contributed by atoms with van der Waals surface area (Å²) in [6.07, 6.45) is 0. The lowest BCUT2D eigenvalue weighted by molar-refractivity contribution is 0.232. The van der Waals surface area contributed by atoms with E-state index in [1.165, 1.54) is 16.4 Å². The molecular formula is C12H17Cl2FN2O2S. The monoisotopic (exact) mass is 342 g/mol. The summed E-state index contributed by atoms with van der Waals surface area (Å²) in [5.41, 5.74) is 0. The smallest absolute Gasteiger partial charge is 0.247 e. The van der Waals surface area contributed by atoms with Crippen LogP contribution in [0, 0.1) is 5.82 Å². The molecule has 1 N–H and O–H groups in total. The predicted molar refractivity (Wildman–Crippen MR) is 79.5 cm³/mol. The van der Waals surface area contributed by atoms with Gasteiger partial charge in [0, 0.05) is 25.2 Å². The highest BCUT2D eigenvalue weighted by molar-refractivity contribution is 7.89. The number of benzene rings is 1. The van der Waals surface area contributed by atoms with Crippen LogP contribution in [-0.4, -0.2) is 37.9 Å². The van der Waals surface area contributed by atoms with Gasteiger partial charge in [-0.1, -0.05) is 17.7 Å². The highest BCUT2D eigenvalue weighted by Gasteiger charge is 2.37. The highest BCUT2D eigenvalue weighted by atomic mass is 35.5. The van der Waals surface area contributed by atoms with E-state index in [2.05, 4.69) is 5.32 Å². The zero-order valence-corrected chi connectivity index (χ0v) is 13.5. The van der Waals surface area contributed by atoms with Crippen molar-refractivity contribution in [2.45, 2.75) is 30.8 Å². The maximum atomic E-state index is 13.8. The van der Waals surface area contributed by atoms with E-state index in [0.29, 0.717) is 13.1 Å². The fraction of sp³-hybridized carbons (Fsp3) is 0.500. The normalized spacial score (nSPS) is 24.2. The van der Waals surface area contributed by atoms with Crippen molar-refractivity contribution >= 4 is 34.0 Å². The van der Waals surface area contributed by atoms with Crippen molar-refractivity contribution in [2.24, 2.45) is 0 Å². The van der Waals surface area contributed by atoms with Crippen molar-refractivity contribution < 1.29 is 12.8 Å². The Labute approximate surface area is 129 Å². The topological polar surface area (TPSA) is 49.4 Å². The molecule has 0 aliphatic carbocycles. The van der Waals surface area contributed by atoms with Gasteiger partial charge >= 0.3 is 0 Å². The fourth-order valence-corrected chi connectivity index (χ4v) is 4.48. The highest BCUT2D eigenvalue weighted by Crippen LogP contribution is 2.29. The lowest BCUT2D eigenvalue weighted by Gasteiger charge is -2.37. The van der Waals surface area contributed by atoms with Crippen LogP contribution in [0.5, 0.6) is 0 Å². The van der Waals surface area contributed by atoms with E-state index in [0.717, 1.165) is 6.07 Å². The second kappa shape index (κ2) is 6.58. The van der Waals surface area contributed by atoms with E-state index in [9.17, 15) is 12.8 Å². The Morgan fingerprint density at radius 2 is 2.05 bits per heavy atom. The zero-order chi connectivity index (χ0) is 14.2. The molecule has 1 saturated heterocycles. The summed E-state index contributed by atoms with van der Waals surface area (Å²) in [6, 6.07) is 3.63. The first-order valence-corrected chi connectivity index (χ1v) is 7.86. The number of hydrogen-bond acceptors (Lipinski definition) is 3. The van der Waals surface area contributed by atoms with Gasteiger partial charge in [-0.05, 0) is 26.0 Å². The SMILES string of the molecule is CC1NCCN(S(=O)(=O)c2c(F)cccc2Cl)C1C.Cl. The molecule has 8 heteroatoms. The molecule has 0 aromatic heterocycles. The van der Waals surface area contributed by atoms with Gasteiger partial charge in [-0.3, -0.25) is 0 Å². The Morgan fingerprint density at radius 3 is 2.65 bits per heavy atom. The van der Waals surface area contributed by atoms with Gasteiger partial charge in [0.2, 0.25) is 10.0 Å². The molecule has 0 radical (unpaired) electrons. The number of nitrogens with one attached hydrogen (secondary N) is 1. The summed E-state index contributed by atoms with van der Waals surface area (Å²) in [5.74, 6) is -0.814. The predicted octanol–water partition coefficient (Wildman–Crippen LogP) is 2.27. The molecule has 2 unspecified atom stereocenters. The van der Waals surface area contributed by atoms with E-state index in [4.69, 9.17) is 11.6 Å². The molecule has 114 valence electrons. The minimum Gasteiger partial charge on any atom is -0.311 e. The quantitative estimate of drug-likeness (QED) is 0.896. The van der Waals surface area contributed by atoms with Crippen LogP contribution in [0.2, 0.25) is 5.02 Å². The standard InChI is InChI=1S/C12H16ClFN2O2S.ClH/c1-8-9(2)16(7-6-15-8)19(17,18)12-10(13)4-3-5-11(12)14;/h3-5,8-9,15H,6-7H2,1-2H3;1H. The van der Waals surface area contributed by atoms with Crippen LogP contribution in [-0.2, 0) is 10.0 Å². The summed E-state index contributed by atoms with van der Waals surface area (Å²) in [4.78, 5) is -0.433. The molecule has 20 heavy (non-hydrogen) atoms. The van der Waals surface area contributed by atoms with E-state index < -0.39 is 20.7 Å². The van der Waals surface area contributed by atoms with Gasteiger partial charge in [0.1, 0.15) is 10.7 Å². The van der Waals surface area contributed by atoms with Crippen LogP contribution in [0.25, 0.3) is 0 Å². The Bertz CT molecular complexity index is 563. The third-order valence-corrected chi connectivity index (χ3v) is 5.95. The number of nitrogens with zero attached hydrogens (tertiary/aromatic N) is 1. The van der Waals surface area contributed by atoms with E-state index in [-0.39, 0.29) is 29.5 Å². The number of sulfonamides is 1. The molecule has 0 saturated carbocycles. The number of piperazine rings is 1. The van der Waals surface area contributed by atoms with E-state index >= 15 is 0 Å². The second-order valence-corrected chi connectivity index (χ2v) is 6.88. The van der Waals surface area contributed by atoms with E-state index in [1.54, 1.807) is 6.92 Å². The van der Waals surface area contributed by atoms with Crippen LogP contribution < -0.4 is 5.32 Å². The summed E-state index contributed by atoms with van der Waals surface area (Å²) >= 11 is 5.86. The van der Waals surface area contributed by atoms with Crippen LogP contribution in [0.1, 0.15) is 13.8 Å². The summed E-state index contributed by atoms with van der Waals surface area (Å²) in [5, 5.41) is 3.10. The van der Waals surface area contributed by atoms with E-state index in [1.807, 2.05) is 6.92 Å².